The number of ether oxygens (including phenoxy) is 1. The summed E-state index contributed by atoms with van der Waals surface area (Å²) in [5.41, 5.74) is 2.23. The lowest BCUT2D eigenvalue weighted by Crippen LogP contribution is -2.45. The number of rotatable bonds is 5. The van der Waals surface area contributed by atoms with Gasteiger partial charge in [-0.3, -0.25) is 4.79 Å². The van der Waals surface area contributed by atoms with Crippen molar-refractivity contribution in [2.24, 2.45) is 0 Å². The largest absolute Gasteiger partial charge is 0.372 e. The molecule has 154 valence electrons. The average molecular weight is 400 g/mol. The van der Waals surface area contributed by atoms with E-state index in [0.717, 1.165) is 36.5 Å². The molecule has 0 radical (unpaired) electrons. The molecule has 1 aliphatic heterocycles. The Morgan fingerprint density at radius 1 is 1.17 bits per heavy atom. The molecule has 1 heterocycles. The van der Waals surface area contributed by atoms with E-state index in [-0.39, 0.29) is 29.7 Å². The van der Waals surface area contributed by atoms with E-state index in [9.17, 15) is 13.6 Å². The van der Waals surface area contributed by atoms with Gasteiger partial charge in [0.2, 0.25) is 5.91 Å². The van der Waals surface area contributed by atoms with E-state index in [1.54, 1.807) is 0 Å². The minimum atomic E-state index is -0.705. The maximum Gasteiger partial charge on any atom is 0.244 e. The molecule has 1 saturated heterocycles. The highest BCUT2D eigenvalue weighted by Crippen LogP contribution is 2.24. The molecule has 0 aliphatic carbocycles. The number of anilines is 1. The molecular weight excluding hydrogens is 374 g/mol. The summed E-state index contributed by atoms with van der Waals surface area (Å²) in [6.45, 7) is 7.66. The van der Waals surface area contributed by atoms with Crippen molar-refractivity contribution >= 4 is 17.7 Å². The molecule has 1 aliphatic rings. The first-order valence-electron chi connectivity index (χ1n) is 9.76. The summed E-state index contributed by atoms with van der Waals surface area (Å²) in [7, 11) is 0. The molecule has 1 fully saturated rings. The lowest BCUT2D eigenvalue weighted by atomic mass is 10.1. The highest BCUT2D eigenvalue weighted by atomic mass is 19.1. The molecule has 1 N–H and O–H groups in total. The Morgan fingerprint density at radius 3 is 2.59 bits per heavy atom. The van der Waals surface area contributed by atoms with Gasteiger partial charge in [-0.25, -0.2) is 8.78 Å². The van der Waals surface area contributed by atoms with E-state index in [0.29, 0.717) is 0 Å². The van der Waals surface area contributed by atoms with Crippen LogP contribution < -0.4 is 10.2 Å². The lowest BCUT2D eigenvalue weighted by molar-refractivity contribution is -0.117. The molecule has 0 unspecified atom stereocenters. The number of nitrogens with zero attached hydrogens (tertiary/aromatic N) is 1. The molecular formula is C23H26F2N2O2. The van der Waals surface area contributed by atoms with Crippen molar-refractivity contribution in [3.63, 3.8) is 0 Å². The van der Waals surface area contributed by atoms with Gasteiger partial charge in [0.15, 0.2) is 0 Å². The van der Waals surface area contributed by atoms with Gasteiger partial charge in [0.1, 0.15) is 11.6 Å². The highest BCUT2D eigenvalue weighted by Gasteiger charge is 2.22. The number of carbonyl (C=O) groups is 1. The first kappa shape index (κ1) is 21.0. The summed E-state index contributed by atoms with van der Waals surface area (Å²) in [5, 5.41) is 2.88. The van der Waals surface area contributed by atoms with Crippen LogP contribution in [0.5, 0.6) is 0 Å². The molecule has 4 nitrogen and oxygen atoms in total. The van der Waals surface area contributed by atoms with Crippen LogP contribution in [0.15, 0.2) is 48.5 Å². The zero-order valence-electron chi connectivity index (χ0n) is 16.9. The maximum absolute atomic E-state index is 13.7. The molecule has 6 heteroatoms. The number of amides is 1. The Labute approximate surface area is 170 Å². The van der Waals surface area contributed by atoms with Gasteiger partial charge in [-0.15, -0.1) is 0 Å². The number of morpholine rings is 1. The summed E-state index contributed by atoms with van der Waals surface area (Å²) in [6, 6.07) is 11.1. The van der Waals surface area contributed by atoms with E-state index >= 15 is 0 Å². The third-order valence-electron chi connectivity index (χ3n) is 4.89. The molecule has 29 heavy (non-hydrogen) atoms. The third kappa shape index (κ3) is 5.64. The zero-order chi connectivity index (χ0) is 21.0. The van der Waals surface area contributed by atoms with Crippen LogP contribution in [-0.4, -0.2) is 31.2 Å². The van der Waals surface area contributed by atoms with Gasteiger partial charge in [0, 0.05) is 36.5 Å². The van der Waals surface area contributed by atoms with Crippen LogP contribution >= 0.6 is 0 Å². The summed E-state index contributed by atoms with van der Waals surface area (Å²) >= 11 is 0. The van der Waals surface area contributed by atoms with Crippen molar-refractivity contribution in [1.82, 2.24) is 5.32 Å². The molecule has 0 aromatic heterocycles. The van der Waals surface area contributed by atoms with Crippen molar-refractivity contribution in [3.8, 4) is 0 Å². The Bertz CT molecular complexity index is 890. The molecule has 3 atom stereocenters. The third-order valence-corrected chi connectivity index (χ3v) is 4.89. The summed E-state index contributed by atoms with van der Waals surface area (Å²) < 4.78 is 32.4. The number of nitrogens with one attached hydrogen (secondary N) is 1. The van der Waals surface area contributed by atoms with Crippen LogP contribution in [0.3, 0.4) is 0 Å². The highest BCUT2D eigenvalue weighted by molar-refractivity contribution is 5.92. The number of hydrogen-bond acceptors (Lipinski definition) is 3. The van der Waals surface area contributed by atoms with Gasteiger partial charge in [0.05, 0.1) is 18.2 Å². The predicted molar refractivity (Wildman–Crippen MR) is 111 cm³/mol. The topological polar surface area (TPSA) is 41.6 Å². The van der Waals surface area contributed by atoms with E-state index < -0.39 is 11.6 Å². The van der Waals surface area contributed by atoms with Crippen molar-refractivity contribution in [2.45, 2.75) is 39.0 Å². The van der Waals surface area contributed by atoms with Gasteiger partial charge in [-0.05, 0) is 56.7 Å². The fourth-order valence-corrected chi connectivity index (χ4v) is 3.53. The van der Waals surface area contributed by atoms with Crippen LogP contribution in [0.25, 0.3) is 6.08 Å². The molecule has 2 aromatic rings. The number of benzene rings is 2. The molecule has 0 saturated carbocycles. The fraction of sp³-hybridized carbons (Fsp3) is 0.348. The average Bonchev–Trinajstić information content (AvgIpc) is 2.66. The fourth-order valence-electron chi connectivity index (χ4n) is 3.53. The zero-order valence-corrected chi connectivity index (χ0v) is 16.9. The second-order valence-electron chi connectivity index (χ2n) is 7.49. The number of carbonyl (C=O) groups excluding carboxylic acids is 1. The smallest absolute Gasteiger partial charge is 0.244 e. The second-order valence-corrected chi connectivity index (χ2v) is 7.49. The van der Waals surface area contributed by atoms with Crippen LogP contribution in [0, 0.1) is 11.6 Å². The monoisotopic (exact) mass is 400 g/mol. The minimum Gasteiger partial charge on any atom is -0.372 e. The molecule has 1 amide bonds. The van der Waals surface area contributed by atoms with Gasteiger partial charge < -0.3 is 15.0 Å². The summed E-state index contributed by atoms with van der Waals surface area (Å²) in [4.78, 5) is 14.5. The van der Waals surface area contributed by atoms with Crippen LogP contribution in [0.2, 0.25) is 0 Å². The van der Waals surface area contributed by atoms with Crippen molar-refractivity contribution in [2.75, 3.05) is 18.0 Å². The van der Waals surface area contributed by atoms with Gasteiger partial charge in [-0.2, -0.15) is 0 Å². The number of hydrogen-bond donors (Lipinski definition) is 1. The van der Waals surface area contributed by atoms with Crippen LogP contribution in [0.1, 0.15) is 37.9 Å². The second kappa shape index (κ2) is 9.18. The SMILES string of the molecule is C[C@@H]1CN(c2cccc([C@@H](C)NC(=O)/C=C/c3ccc(F)cc3F)c2)C[C@H](C)O1. The molecule has 0 spiro atoms. The van der Waals surface area contributed by atoms with Crippen molar-refractivity contribution in [3.05, 3.63) is 71.3 Å². The van der Waals surface area contributed by atoms with Crippen molar-refractivity contribution < 1.29 is 18.3 Å². The summed E-state index contributed by atoms with van der Waals surface area (Å²) in [5.74, 6) is -1.70. The number of halogens is 2. The first-order valence-corrected chi connectivity index (χ1v) is 9.76. The quantitative estimate of drug-likeness (QED) is 0.753. The molecule has 0 bridgehead atoms. The predicted octanol–water partition coefficient (Wildman–Crippen LogP) is 4.47. The Balaban J connectivity index is 1.65. The van der Waals surface area contributed by atoms with E-state index in [2.05, 4.69) is 36.2 Å². The minimum absolute atomic E-state index is 0.159. The maximum atomic E-state index is 13.7. The Kier molecular flexibility index (Phi) is 6.64. The van der Waals surface area contributed by atoms with E-state index in [1.807, 2.05) is 19.1 Å². The Hall–Kier alpha value is -2.73. The lowest BCUT2D eigenvalue weighted by Gasteiger charge is -2.37. The van der Waals surface area contributed by atoms with Gasteiger partial charge in [-0.1, -0.05) is 12.1 Å². The van der Waals surface area contributed by atoms with Crippen molar-refractivity contribution in [1.29, 1.82) is 0 Å². The molecule has 2 aromatic carbocycles. The van der Waals surface area contributed by atoms with Gasteiger partial charge in [0.25, 0.3) is 0 Å². The standard InChI is InChI=1S/C23H26F2N2O2/c1-15-13-27(14-16(2)29-15)21-6-4-5-19(11-21)17(3)26-23(28)10-8-18-7-9-20(24)12-22(18)25/h4-12,15-17H,13-14H2,1-3H3,(H,26,28)/b10-8+/t15-,16+,17-/m1/s1. The first-order chi connectivity index (χ1) is 13.8. The normalized spacial score (nSPS) is 20.7. The van der Waals surface area contributed by atoms with E-state index in [4.69, 9.17) is 4.74 Å². The van der Waals surface area contributed by atoms with Crippen LogP contribution in [0.4, 0.5) is 14.5 Å². The van der Waals surface area contributed by atoms with E-state index in [1.165, 1.54) is 18.2 Å². The Morgan fingerprint density at radius 2 is 1.90 bits per heavy atom. The summed E-state index contributed by atoms with van der Waals surface area (Å²) in [6.07, 6.45) is 2.92. The molecule has 3 rings (SSSR count). The van der Waals surface area contributed by atoms with Gasteiger partial charge >= 0.3 is 0 Å². The van der Waals surface area contributed by atoms with Crippen LogP contribution in [-0.2, 0) is 9.53 Å².